The first kappa shape index (κ1) is 14.7. The van der Waals surface area contributed by atoms with Gasteiger partial charge in [0, 0.05) is 45.0 Å². The number of hydrogen-bond donors (Lipinski definition) is 1. The highest BCUT2D eigenvalue weighted by Gasteiger charge is 2.11. The Morgan fingerprint density at radius 3 is 2.79 bits per heavy atom. The van der Waals surface area contributed by atoms with E-state index >= 15 is 0 Å². The lowest BCUT2D eigenvalue weighted by molar-refractivity contribution is 0.200. The van der Waals surface area contributed by atoms with Crippen LogP contribution in [0.1, 0.15) is 11.5 Å². The summed E-state index contributed by atoms with van der Waals surface area (Å²) in [5.41, 5.74) is 0.922. The van der Waals surface area contributed by atoms with Gasteiger partial charge >= 0.3 is 0 Å². The second-order valence-electron chi connectivity index (χ2n) is 5.08. The molecule has 1 N–H and O–H groups in total. The molecule has 0 aromatic carbocycles. The predicted molar refractivity (Wildman–Crippen MR) is 77.4 cm³/mol. The molecule has 5 nitrogen and oxygen atoms in total. The monoisotopic (exact) mass is 283 g/mol. The minimum Gasteiger partial charge on any atom is -0.314 e. The molecule has 2 heterocycles. The van der Waals surface area contributed by atoms with Crippen molar-refractivity contribution in [2.24, 2.45) is 0 Å². The van der Waals surface area contributed by atoms with Gasteiger partial charge in [-0.1, -0.05) is 11.6 Å². The van der Waals surface area contributed by atoms with E-state index in [-0.39, 0.29) is 0 Å². The Kier molecular flexibility index (Phi) is 5.51. The maximum Gasteiger partial charge on any atom is 0.144 e. The number of aryl methyl sites for hydroxylation is 1. The molecule has 1 saturated heterocycles. The molecule has 0 spiro atoms. The highest BCUT2D eigenvalue weighted by atomic mass is 35.5. The van der Waals surface area contributed by atoms with Gasteiger partial charge in [0.15, 0.2) is 0 Å². The average Bonchev–Trinajstić information content (AvgIpc) is 2.36. The van der Waals surface area contributed by atoms with Crippen LogP contribution in [0, 0.1) is 6.92 Å². The summed E-state index contributed by atoms with van der Waals surface area (Å²) in [6.07, 6.45) is 0. The molecule has 1 aromatic rings. The summed E-state index contributed by atoms with van der Waals surface area (Å²) in [7, 11) is 2.10. The van der Waals surface area contributed by atoms with Gasteiger partial charge in [0.1, 0.15) is 11.0 Å². The molecule has 6 heteroatoms. The van der Waals surface area contributed by atoms with E-state index in [0.717, 1.165) is 57.3 Å². The molecule has 0 amide bonds. The molecule has 1 aliphatic rings. The molecule has 0 unspecified atom stereocenters. The highest BCUT2D eigenvalue weighted by molar-refractivity contribution is 6.29. The number of piperazine rings is 1. The van der Waals surface area contributed by atoms with E-state index in [1.54, 1.807) is 6.07 Å². The Labute approximate surface area is 120 Å². The van der Waals surface area contributed by atoms with E-state index in [4.69, 9.17) is 11.6 Å². The van der Waals surface area contributed by atoms with E-state index in [2.05, 4.69) is 32.1 Å². The summed E-state index contributed by atoms with van der Waals surface area (Å²) in [6, 6.07) is 1.78. The number of hydrogen-bond acceptors (Lipinski definition) is 5. The van der Waals surface area contributed by atoms with Crippen LogP contribution in [0.25, 0.3) is 0 Å². The first-order valence-electron chi connectivity index (χ1n) is 6.75. The molecule has 19 heavy (non-hydrogen) atoms. The smallest absolute Gasteiger partial charge is 0.144 e. The Balaban J connectivity index is 1.78. The Bertz CT molecular complexity index is 386. The van der Waals surface area contributed by atoms with Crippen LogP contribution < -0.4 is 5.32 Å². The maximum atomic E-state index is 5.95. The lowest BCUT2D eigenvalue weighted by atomic mass is 10.3. The molecule has 0 saturated carbocycles. The molecule has 1 fully saturated rings. The van der Waals surface area contributed by atoms with E-state index in [9.17, 15) is 0 Å². The van der Waals surface area contributed by atoms with Crippen molar-refractivity contribution < 1.29 is 0 Å². The first-order chi connectivity index (χ1) is 9.13. The molecular weight excluding hydrogens is 262 g/mol. The third-order valence-electron chi connectivity index (χ3n) is 3.29. The van der Waals surface area contributed by atoms with Crippen molar-refractivity contribution in [3.05, 3.63) is 22.7 Å². The number of nitrogens with zero attached hydrogens (tertiary/aromatic N) is 4. The number of nitrogens with one attached hydrogen (secondary N) is 1. The summed E-state index contributed by atoms with van der Waals surface area (Å²) in [4.78, 5) is 13.4. The summed E-state index contributed by atoms with van der Waals surface area (Å²) in [5, 5.41) is 3.89. The fourth-order valence-electron chi connectivity index (χ4n) is 2.23. The number of rotatable bonds is 5. The second kappa shape index (κ2) is 7.14. The van der Waals surface area contributed by atoms with E-state index in [1.165, 1.54) is 0 Å². The molecule has 0 aliphatic carbocycles. The van der Waals surface area contributed by atoms with Crippen molar-refractivity contribution in [3.63, 3.8) is 0 Å². The minimum atomic E-state index is 0.526. The Morgan fingerprint density at radius 1 is 1.37 bits per heavy atom. The molecule has 1 aromatic heterocycles. The lowest BCUT2D eigenvalue weighted by Gasteiger charge is -2.28. The van der Waals surface area contributed by atoms with E-state index in [0.29, 0.717) is 5.15 Å². The zero-order valence-corrected chi connectivity index (χ0v) is 12.4. The molecule has 2 rings (SSSR count). The van der Waals surface area contributed by atoms with E-state index in [1.807, 2.05) is 6.92 Å². The predicted octanol–water partition coefficient (Wildman–Crippen LogP) is 0.775. The molecule has 1 aliphatic heterocycles. The van der Waals surface area contributed by atoms with Crippen LogP contribution in [0.5, 0.6) is 0 Å². The van der Waals surface area contributed by atoms with Gasteiger partial charge in [-0.3, -0.25) is 9.80 Å². The zero-order valence-electron chi connectivity index (χ0n) is 11.7. The van der Waals surface area contributed by atoms with Gasteiger partial charge in [-0.2, -0.15) is 0 Å². The fraction of sp³-hybridized carbons (Fsp3) is 0.692. The van der Waals surface area contributed by atoms with Crippen LogP contribution in [-0.2, 0) is 6.54 Å². The van der Waals surface area contributed by atoms with Crippen LogP contribution in [0.2, 0.25) is 5.15 Å². The average molecular weight is 284 g/mol. The van der Waals surface area contributed by atoms with Gasteiger partial charge in [-0.15, -0.1) is 0 Å². The van der Waals surface area contributed by atoms with Crippen LogP contribution in [0.15, 0.2) is 6.07 Å². The van der Waals surface area contributed by atoms with Crippen LogP contribution in [-0.4, -0.2) is 66.1 Å². The standard InChI is InChI=1S/C13H22ClN5/c1-11-9-12(14)17-13(16-11)10-18(2)7-8-19-5-3-15-4-6-19/h9,15H,3-8,10H2,1-2H3. The quantitative estimate of drug-likeness (QED) is 0.809. The Hall–Kier alpha value is -0.750. The molecular formula is C13H22ClN5. The van der Waals surface area contributed by atoms with E-state index < -0.39 is 0 Å². The SMILES string of the molecule is Cc1cc(Cl)nc(CN(C)CCN2CCNCC2)n1. The summed E-state index contributed by atoms with van der Waals surface area (Å²) >= 11 is 5.95. The summed E-state index contributed by atoms with van der Waals surface area (Å²) < 4.78 is 0. The van der Waals surface area contributed by atoms with Crippen LogP contribution in [0.4, 0.5) is 0 Å². The second-order valence-corrected chi connectivity index (χ2v) is 5.46. The van der Waals surface area contributed by atoms with Gasteiger partial charge in [0.25, 0.3) is 0 Å². The van der Waals surface area contributed by atoms with Gasteiger partial charge in [-0.25, -0.2) is 9.97 Å². The van der Waals surface area contributed by atoms with Crippen molar-refractivity contribution >= 4 is 11.6 Å². The van der Waals surface area contributed by atoms with Crippen LogP contribution >= 0.6 is 11.6 Å². The highest BCUT2D eigenvalue weighted by Crippen LogP contribution is 2.07. The first-order valence-corrected chi connectivity index (χ1v) is 7.13. The molecule has 0 bridgehead atoms. The fourth-order valence-corrected chi connectivity index (χ4v) is 2.48. The van der Waals surface area contributed by atoms with Crippen LogP contribution in [0.3, 0.4) is 0 Å². The maximum absolute atomic E-state index is 5.95. The van der Waals surface area contributed by atoms with Crippen molar-refractivity contribution in [3.8, 4) is 0 Å². The Morgan fingerprint density at radius 2 is 2.11 bits per heavy atom. The van der Waals surface area contributed by atoms with Gasteiger partial charge < -0.3 is 5.32 Å². The molecule has 106 valence electrons. The summed E-state index contributed by atoms with van der Waals surface area (Å²) in [6.45, 7) is 9.28. The number of halogens is 1. The zero-order chi connectivity index (χ0) is 13.7. The number of aromatic nitrogens is 2. The molecule has 0 radical (unpaired) electrons. The van der Waals surface area contributed by atoms with Gasteiger partial charge in [0.2, 0.25) is 0 Å². The van der Waals surface area contributed by atoms with Gasteiger partial charge in [-0.05, 0) is 20.0 Å². The van der Waals surface area contributed by atoms with Gasteiger partial charge in [0.05, 0.1) is 6.54 Å². The summed E-state index contributed by atoms with van der Waals surface area (Å²) in [5.74, 6) is 0.799. The number of likely N-dealkylation sites (N-methyl/N-ethyl adjacent to an activating group) is 1. The van der Waals surface area contributed by atoms with Crippen molar-refractivity contribution in [2.75, 3.05) is 46.3 Å². The lowest BCUT2D eigenvalue weighted by Crippen LogP contribution is -2.45. The van der Waals surface area contributed by atoms with Crippen molar-refractivity contribution in [1.29, 1.82) is 0 Å². The largest absolute Gasteiger partial charge is 0.314 e. The van der Waals surface area contributed by atoms with Crippen molar-refractivity contribution in [1.82, 2.24) is 25.1 Å². The topological polar surface area (TPSA) is 44.3 Å². The van der Waals surface area contributed by atoms with Crippen molar-refractivity contribution in [2.45, 2.75) is 13.5 Å². The normalized spacial score (nSPS) is 17.1. The molecule has 0 atom stereocenters. The minimum absolute atomic E-state index is 0.526. The third-order valence-corrected chi connectivity index (χ3v) is 3.48. The third kappa shape index (κ3) is 5.03.